The zero-order valence-corrected chi connectivity index (χ0v) is 23.5. The molecule has 0 atom stereocenters. The highest BCUT2D eigenvalue weighted by molar-refractivity contribution is 9.10. The number of aryl methyl sites for hydroxylation is 2. The maximum absolute atomic E-state index is 13.2. The van der Waals surface area contributed by atoms with Crippen molar-refractivity contribution in [3.05, 3.63) is 86.4 Å². The fourth-order valence-corrected chi connectivity index (χ4v) is 4.67. The van der Waals surface area contributed by atoms with Crippen LogP contribution in [-0.4, -0.2) is 37.5 Å². The molecule has 3 aromatic rings. The standard InChI is InChI=1S/C28H23BrClN3O6/c1-15-7-8-22(16(2)9-15)31-24(34)14-39-25-21(29)11-17(12-23(25)38-3)10-20-26(35)32-28(37)33(27(20)36)19-6-4-5-18(30)13-19/h4-13H,14H2,1-3H3,(H,31,34)(H,32,35,37)/b20-10+. The summed E-state index contributed by atoms with van der Waals surface area (Å²) in [4.78, 5) is 51.5. The molecule has 4 rings (SSSR count). The highest BCUT2D eigenvalue weighted by Gasteiger charge is 2.37. The minimum atomic E-state index is -0.883. The van der Waals surface area contributed by atoms with Crippen LogP contribution in [0.1, 0.15) is 16.7 Å². The van der Waals surface area contributed by atoms with Crippen molar-refractivity contribution in [1.82, 2.24) is 5.32 Å². The van der Waals surface area contributed by atoms with Crippen molar-refractivity contribution in [2.24, 2.45) is 0 Å². The molecule has 2 N–H and O–H groups in total. The molecule has 0 aromatic heterocycles. The van der Waals surface area contributed by atoms with E-state index in [4.69, 9.17) is 21.1 Å². The predicted octanol–water partition coefficient (Wildman–Crippen LogP) is 5.41. The Kier molecular flexibility index (Phi) is 8.37. The number of anilines is 2. The molecule has 0 aliphatic carbocycles. The van der Waals surface area contributed by atoms with E-state index in [1.807, 2.05) is 32.0 Å². The second-order valence-corrected chi connectivity index (χ2v) is 9.92. The summed E-state index contributed by atoms with van der Waals surface area (Å²) in [6.07, 6.45) is 1.32. The number of ether oxygens (including phenoxy) is 2. The lowest BCUT2D eigenvalue weighted by molar-refractivity contribution is -0.122. The molecular weight excluding hydrogens is 590 g/mol. The van der Waals surface area contributed by atoms with Gasteiger partial charge in [-0.1, -0.05) is 35.4 Å². The highest BCUT2D eigenvalue weighted by atomic mass is 79.9. The molecular formula is C28H23BrClN3O6. The van der Waals surface area contributed by atoms with Crippen LogP contribution in [0, 0.1) is 13.8 Å². The average molecular weight is 613 g/mol. The lowest BCUT2D eigenvalue weighted by atomic mass is 10.1. The number of barbiturate groups is 1. The van der Waals surface area contributed by atoms with Gasteiger partial charge < -0.3 is 14.8 Å². The third-order valence-electron chi connectivity index (χ3n) is 5.73. The number of rotatable bonds is 7. The van der Waals surface area contributed by atoms with E-state index in [2.05, 4.69) is 26.6 Å². The molecule has 1 aliphatic rings. The smallest absolute Gasteiger partial charge is 0.335 e. The highest BCUT2D eigenvalue weighted by Crippen LogP contribution is 2.37. The molecule has 3 aromatic carbocycles. The number of carbonyl (C=O) groups excluding carboxylic acids is 4. The van der Waals surface area contributed by atoms with E-state index in [1.54, 1.807) is 18.2 Å². The Bertz CT molecular complexity index is 1540. The van der Waals surface area contributed by atoms with Crippen molar-refractivity contribution >= 4 is 68.7 Å². The van der Waals surface area contributed by atoms with Gasteiger partial charge in [-0.25, -0.2) is 9.69 Å². The van der Waals surface area contributed by atoms with E-state index < -0.39 is 17.8 Å². The molecule has 0 bridgehead atoms. The summed E-state index contributed by atoms with van der Waals surface area (Å²) < 4.78 is 11.6. The summed E-state index contributed by atoms with van der Waals surface area (Å²) in [5, 5.41) is 5.30. The lowest BCUT2D eigenvalue weighted by Gasteiger charge is -2.26. The quantitative estimate of drug-likeness (QED) is 0.272. The van der Waals surface area contributed by atoms with E-state index in [0.29, 0.717) is 20.7 Å². The molecule has 200 valence electrons. The first-order chi connectivity index (χ1) is 18.6. The molecule has 0 saturated carbocycles. The number of urea groups is 1. The summed E-state index contributed by atoms with van der Waals surface area (Å²) in [6, 6.07) is 14.1. The Morgan fingerprint density at radius 1 is 1.10 bits per heavy atom. The molecule has 1 fully saturated rings. The number of hydrogen-bond acceptors (Lipinski definition) is 6. The van der Waals surface area contributed by atoms with Crippen LogP contribution in [0.15, 0.2) is 64.6 Å². The van der Waals surface area contributed by atoms with Gasteiger partial charge >= 0.3 is 6.03 Å². The normalized spacial score (nSPS) is 14.3. The molecule has 1 aliphatic heterocycles. The SMILES string of the molecule is COc1cc(/C=C2\C(=O)NC(=O)N(c3cccc(Cl)c3)C2=O)cc(Br)c1OCC(=O)Nc1ccc(C)cc1C. The number of imide groups is 2. The second-order valence-electron chi connectivity index (χ2n) is 8.63. The predicted molar refractivity (Wildman–Crippen MR) is 151 cm³/mol. The summed E-state index contributed by atoms with van der Waals surface area (Å²) in [5.41, 5.74) is 3.04. The number of carbonyl (C=O) groups is 4. The average Bonchev–Trinajstić information content (AvgIpc) is 2.87. The third-order valence-corrected chi connectivity index (χ3v) is 6.56. The summed E-state index contributed by atoms with van der Waals surface area (Å²) in [6.45, 7) is 3.58. The maximum atomic E-state index is 13.2. The fourth-order valence-electron chi connectivity index (χ4n) is 3.91. The van der Waals surface area contributed by atoms with Crippen molar-refractivity contribution in [3.63, 3.8) is 0 Å². The number of methoxy groups -OCH3 is 1. The first-order valence-corrected chi connectivity index (χ1v) is 12.8. The van der Waals surface area contributed by atoms with Crippen molar-refractivity contribution in [3.8, 4) is 11.5 Å². The Balaban J connectivity index is 1.55. The van der Waals surface area contributed by atoms with Gasteiger partial charge in [0, 0.05) is 10.7 Å². The molecule has 9 nitrogen and oxygen atoms in total. The second kappa shape index (κ2) is 11.7. The minimum Gasteiger partial charge on any atom is -0.493 e. The lowest BCUT2D eigenvalue weighted by Crippen LogP contribution is -2.54. The first kappa shape index (κ1) is 27.9. The molecule has 1 heterocycles. The maximum Gasteiger partial charge on any atom is 0.335 e. The van der Waals surface area contributed by atoms with Gasteiger partial charge in [-0.15, -0.1) is 0 Å². The van der Waals surface area contributed by atoms with Gasteiger partial charge in [0.25, 0.3) is 17.7 Å². The zero-order chi connectivity index (χ0) is 28.3. The molecule has 0 unspecified atom stereocenters. The van der Waals surface area contributed by atoms with Crippen LogP contribution in [0.4, 0.5) is 16.2 Å². The Morgan fingerprint density at radius 3 is 2.56 bits per heavy atom. The molecule has 0 radical (unpaired) electrons. The largest absolute Gasteiger partial charge is 0.493 e. The topological polar surface area (TPSA) is 114 Å². The van der Waals surface area contributed by atoms with E-state index in [9.17, 15) is 19.2 Å². The minimum absolute atomic E-state index is 0.213. The third kappa shape index (κ3) is 6.30. The van der Waals surface area contributed by atoms with Gasteiger partial charge in [-0.2, -0.15) is 0 Å². The van der Waals surface area contributed by atoms with Crippen molar-refractivity contribution in [2.75, 3.05) is 23.9 Å². The molecule has 11 heteroatoms. The van der Waals surface area contributed by atoms with Gasteiger partial charge in [-0.05, 0) is 83.4 Å². The van der Waals surface area contributed by atoms with E-state index in [0.717, 1.165) is 16.0 Å². The molecule has 39 heavy (non-hydrogen) atoms. The van der Waals surface area contributed by atoms with E-state index >= 15 is 0 Å². The number of nitrogens with zero attached hydrogens (tertiary/aromatic N) is 1. The van der Waals surface area contributed by atoms with Crippen LogP contribution in [-0.2, 0) is 14.4 Å². The van der Waals surface area contributed by atoms with E-state index in [1.165, 1.54) is 31.4 Å². The number of amides is 5. The Labute approximate surface area is 237 Å². The Morgan fingerprint density at radius 2 is 1.87 bits per heavy atom. The number of halogens is 2. The van der Waals surface area contributed by atoms with Crippen molar-refractivity contribution < 1.29 is 28.7 Å². The van der Waals surface area contributed by atoms with E-state index in [-0.39, 0.29) is 35.3 Å². The van der Waals surface area contributed by atoms with Gasteiger partial charge in [0.05, 0.1) is 17.3 Å². The van der Waals surface area contributed by atoms with Crippen LogP contribution in [0.3, 0.4) is 0 Å². The number of nitrogens with one attached hydrogen (secondary N) is 2. The summed E-state index contributed by atoms with van der Waals surface area (Å²) >= 11 is 9.42. The van der Waals surface area contributed by atoms with Crippen LogP contribution in [0.25, 0.3) is 6.08 Å². The van der Waals surface area contributed by atoms with Crippen LogP contribution >= 0.6 is 27.5 Å². The van der Waals surface area contributed by atoms with Crippen LogP contribution < -0.4 is 25.0 Å². The summed E-state index contributed by atoms with van der Waals surface area (Å²) in [7, 11) is 1.42. The van der Waals surface area contributed by atoms with Gasteiger partial charge in [0.2, 0.25) is 0 Å². The number of hydrogen-bond donors (Lipinski definition) is 2. The van der Waals surface area contributed by atoms with Gasteiger partial charge in [0.1, 0.15) is 5.57 Å². The summed E-state index contributed by atoms with van der Waals surface area (Å²) in [5.74, 6) is -1.52. The molecule has 0 spiro atoms. The van der Waals surface area contributed by atoms with Crippen LogP contribution in [0.5, 0.6) is 11.5 Å². The molecule has 5 amide bonds. The monoisotopic (exact) mass is 611 g/mol. The fraction of sp³-hybridized carbons (Fsp3) is 0.143. The zero-order valence-electron chi connectivity index (χ0n) is 21.1. The van der Waals surface area contributed by atoms with Gasteiger partial charge in [0.15, 0.2) is 18.1 Å². The van der Waals surface area contributed by atoms with Crippen molar-refractivity contribution in [2.45, 2.75) is 13.8 Å². The number of benzene rings is 3. The molecule has 1 saturated heterocycles. The van der Waals surface area contributed by atoms with Crippen LogP contribution in [0.2, 0.25) is 5.02 Å². The first-order valence-electron chi connectivity index (χ1n) is 11.6. The van der Waals surface area contributed by atoms with Crippen molar-refractivity contribution in [1.29, 1.82) is 0 Å². The van der Waals surface area contributed by atoms with Gasteiger partial charge in [-0.3, -0.25) is 19.7 Å². The Hall–Kier alpha value is -4.15.